The number of carbonyl (C=O) groups is 1. The van der Waals surface area contributed by atoms with Crippen LogP contribution in [0.15, 0.2) is 0 Å². The molecular weight excluding hydrogens is 238 g/mol. The normalized spacial score (nSPS) is 44.3. The summed E-state index contributed by atoms with van der Waals surface area (Å²) < 4.78 is 5.91. The molecule has 0 radical (unpaired) electrons. The van der Waals surface area contributed by atoms with E-state index in [-0.39, 0.29) is 12.2 Å². The van der Waals surface area contributed by atoms with Crippen LogP contribution in [-0.2, 0) is 4.74 Å². The van der Waals surface area contributed by atoms with Crippen molar-refractivity contribution in [3.05, 3.63) is 0 Å². The molecule has 1 saturated heterocycles. The predicted molar refractivity (Wildman–Crippen MR) is 72.7 cm³/mol. The van der Waals surface area contributed by atoms with E-state index in [1.54, 1.807) is 0 Å². The standard InChI is InChI=1S/C16H25NO2/c1-2-10-8-17(9-10)16(18)19-15-13-4-11-3-12(6-13)7-14(15)5-11/h10-15H,2-9H2,1H3. The Bertz CT molecular complexity index is 347. The average molecular weight is 263 g/mol. The molecule has 0 aromatic heterocycles. The van der Waals surface area contributed by atoms with Gasteiger partial charge in [-0.2, -0.15) is 0 Å². The van der Waals surface area contributed by atoms with Gasteiger partial charge < -0.3 is 9.64 Å². The Labute approximate surface area is 115 Å². The van der Waals surface area contributed by atoms with Crippen molar-refractivity contribution in [2.75, 3.05) is 13.1 Å². The smallest absolute Gasteiger partial charge is 0.410 e. The Morgan fingerprint density at radius 2 is 1.63 bits per heavy atom. The summed E-state index contributed by atoms with van der Waals surface area (Å²) in [6.45, 7) is 4.04. The maximum Gasteiger partial charge on any atom is 0.410 e. The molecule has 3 heteroatoms. The first-order valence-corrected chi connectivity index (χ1v) is 8.18. The molecule has 1 amide bonds. The molecular formula is C16H25NO2. The third-order valence-electron chi connectivity index (χ3n) is 6.17. The summed E-state index contributed by atoms with van der Waals surface area (Å²) in [7, 11) is 0. The van der Waals surface area contributed by atoms with Crippen molar-refractivity contribution < 1.29 is 9.53 Å². The van der Waals surface area contributed by atoms with Crippen LogP contribution < -0.4 is 0 Å². The summed E-state index contributed by atoms with van der Waals surface area (Å²) in [5.74, 6) is 3.98. The Balaban J connectivity index is 1.37. The highest BCUT2D eigenvalue weighted by atomic mass is 16.6. The molecule has 4 bridgehead atoms. The fourth-order valence-electron chi connectivity index (χ4n) is 5.24. The van der Waals surface area contributed by atoms with Gasteiger partial charge in [0.15, 0.2) is 0 Å². The molecule has 3 nitrogen and oxygen atoms in total. The van der Waals surface area contributed by atoms with Crippen molar-refractivity contribution in [3.8, 4) is 0 Å². The number of hydrogen-bond acceptors (Lipinski definition) is 2. The van der Waals surface area contributed by atoms with Crippen molar-refractivity contribution in [3.63, 3.8) is 0 Å². The van der Waals surface area contributed by atoms with Gasteiger partial charge in [0.1, 0.15) is 6.10 Å². The maximum absolute atomic E-state index is 12.2. The van der Waals surface area contributed by atoms with E-state index >= 15 is 0 Å². The average Bonchev–Trinajstić information content (AvgIpc) is 2.31. The summed E-state index contributed by atoms with van der Waals surface area (Å²) in [5, 5.41) is 0. The third-order valence-corrected chi connectivity index (χ3v) is 6.17. The van der Waals surface area contributed by atoms with Crippen LogP contribution in [0, 0.1) is 29.6 Å². The van der Waals surface area contributed by atoms with Gasteiger partial charge in [-0.15, -0.1) is 0 Å². The van der Waals surface area contributed by atoms with Crippen LogP contribution in [0.4, 0.5) is 4.79 Å². The fraction of sp³-hybridized carbons (Fsp3) is 0.938. The van der Waals surface area contributed by atoms with Crippen molar-refractivity contribution in [1.82, 2.24) is 4.90 Å². The second-order valence-corrected chi connectivity index (χ2v) is 7.46. The van der Waals surface area contributed by atoms with E-state index in [9.17, 15) is 4.79 Å². The first kappa shape index (κ1) is 12.0. The molecule has 0 atom stereocenters. The highest BCUT2D eigenvalue weighted by Gasteiger charge is 2.50. The van der Waals surface area contributed by atoms with Crippen LogP contribution in [0.2, 0.25) is 0 Å². The Morgan fingerprint density at radius 1 is 1.05 bits per heavy atom. The van der Waals surface area contributed by atoms with E-state index in [1.807, 2.05) is 4.90 Å². The molecule has 1 heterocycles. The van der Waals surface area contributed by atoms with Crippen molar-refractivity contribution >= 4 is 6.09 Å². The van der Waals surface area contributed by atoms with Gasteiger partial charge in [0.05, 0.1) is 0 Å². The third kappa shape index (κ3) is 1.96. The number of rotatable bonds is 2. The van der Waals surface area contributed by atoms with E-state index in [0.717, 1.165) is 24.9 Å². The van der Waals surface area contributed by atoms with Crippen LogP contribution in [0.5, 0.6) is 0 Å². The molecule has 0 aromatic carbocycles. The molecule has 5 fully saturated rings. The summed E-state index contributed by atoms with van der Waals surface area (Å²) in [6, 6.07) is 0. The lowest BCUT2D eigenvalue weighted by atomic mass is 9.55. The minimum absolute atomic E-state index is 0.0258. The summed E-state index contributed by atoms with van der Waals surface area (Å²) >= 11 is 0. The van der Waals surface area contributed by atoms with Gasteiger partial charge >= 0.3 is 6.09 Å². The van der Waals surface area contributed by atoms with E-state index in [4.69, 9.17) is 4.74 Å². The maximum atomic E-state index is 12.2. The SMILES string of the molecule is CCC1CN(C(=O)OC2C3CC4CC(C3)CC2C4)C1. The molecule has 106 valence electrons. The molecule has 0 unspecified atom stereocenters. The monoisotopic (exact) mass is 263 g/mol. The van der Waals surface area contributed by atoms with Crippen molar-refractivity contribution in [2.45, 2.75) is 51.6 Å². The molecule has 0 N–H and O–H groups in total. The molecule has 4 saturated carbocycles. The van der Waals surface area contributed by atoms with Crippen LogP contribution in [0.1, 0.15) is 45.4 Å². The Morgan fingerprint density at radius 3 is 2.16 bits per heavy atom. The van der Waals surface area contributed by atoms with Crippen LogP contribution in [0.25, 0.3) is 0 Å². The number of likely N-dealkylation sites (tertiary alicyclic amines) is 1. The van der Waals surface area contributed by atoms with Crippen LogP contribution >= 0.6 is 0 Å². The summed E-state index contributed by atoms with van der Waals surface area (Å²) in [5.41, 5.74) is 0. The zero-order valence-electron chi connectivity index (χ0n) is 11.9. The molecule has 5 aliphatic rings. The zero-order chi connectivity index (χ0) is 13.0. The van der Waals surface area contributed by atoms with Gasteiger partial charge in [0.25, 0.3) is 0 Å². The van der Waals surface area contributed by atoms with Gasteiger partial charge in [-0.3, -0.25) is 0 Å². The second-order valence-electron chi connectivity index (χ2n) is 7.46. The Kier molecular flexibility index (Phi) is 2.78. The second kappa shape index (κ2) is 4.39. The van der Waals surface area contributed by atoms with Crippen LogP contribution in [-0.4, -0.2) is 30.2 Å². The number of amides is 1. The number of nitrogens with zero attached hydrogens (tertiary/aromatic N) is 1. The van der Waals surface area contributed by atoms with E-state index in [2.05, 4.69) is 6.92 Å². The zero-order valence-corrected chi connectivity index (χ0v) is 11.9. The molecule has 4 aliphatic carbocycles. The molecule has 0 aromatic rings. The van der Waals surface area contributed by atoms with E-state index in [1.165, 1.54) is 38.5 Å². The number of carbonyl (C=O) groups excluding carboxylic acids is 1. The topological polar surface area (TPSA) is 29.5 Å². The molecule has 0 spiro atoms. The molecule has 19 heavy (non-hydrogen) atoms. The van der Waals surface area contributed by atoms with Gasteiger partial charge in [-0.25, -0.2) is 4.79 Å². The van der Waals surface area contributed by atoms with E-state index in [0.29, 0.717) is 17.8 Å². The lowest BCUT2D eigenvalue weighted by Crippen LogP contribution is -2.54. The van der Waals surface area contributed by atoms with Gasteiger partial charge in [0.2, 0.25) is 0 Å². The van der Waals surface area contributed by atoms with Gasteiger partial charge in [0, 0.05) is 13.1 Å². The summed E-state index contributed by atoms with van der Waals surface area (Å²) in [4.78, 5) is 14.1. The predicted octanol–water partition coefficient (Wildman–Crippen LogP) is 3.29. The highest BCUT2D eigenvalue weighted by molar-refractivity contribution is 5.69. The Hall–Kier alpha value is -0.730. The first-order valence-electron chi connectivity index (χ1n) is 8.18. The van der Waals surface area contributed by atoms with Gasteiger partial charge in [-0.05, 0) is 68.1 Å². The van der Waals surface area contributed by atoms with Crippen LogP contribution in [0.3, 0.4) is 0 Å². The fourth-order valence-corrected chi connectivity index (χ4v) is 5.24. The number of ether oxygens (including phenoxy) is 1. The lowest BCUT2D eigenvalue weighted by molar-refractivity contribution is -0.107. The minimum atomic E-state index is -0.0258. The molecule has 1 aliphatic heterocycles. The van der Waals surface area contributed by atoms with Crippen molar-refractivity contribution in [2.24, 2.45) is 29.6 Å². The molecule has 5 rings (SSSR count). The van der Waals surface area contributed by atoms with Crippen molar-refractivity contribution in [1.29, 1.82) is 0 Å². The summed E-state index contributed by atoms with van der Waals surface area (Å²) in [6.07, 6.45) is 8.15. The highest BCUT2D eigenvalue weighted by Crippen LogP contribution is 2.54. The van der Waals surface area contributed by atoms with E-state index < -0.39 is 0 Å². The quantitative estimate of drug-likeness (QED) is 0.765. The first-order chi connectivity index (χ1) is 9.22. The lowest BCUT2D eigenvalue weighted by Gasteiger charge is -2.54. The minimum Gasteiger partial charge on any atom is -0.446 e. The largest absolute Gasteiger partial charge is 0.446 e. The van der Waals surface area contributed by atoms with Gasteiger partial charge in [-0.1, -0.05) is 6.92 Å². The number of hydrogen-bond donors (Lipinski definition) is 0.